The van der Waals surface area contributed by atoms with Crippen molar-refractivity contribution in [3.63, 3.8) is 0 Å². The molecule has 26 heavy (non-hydrogen) atoms. The smallest absolute Gasteiger partial charge is 0.276 e. The van der Waals surface area contributed by atoms with Gasteiger partial charge >= 0.3 is 0 Å². The van der Waals surface area contributed by atoms with Crippen molar-refractivity contribution in [1.82, 2.24) is 10.6 Å². The Labute approximate surface area is 153 Å². The van der Waals surface area contributed by atoms with Gasteiger partial charge in [0.05, 0.1) is 27.7 Å². The molecule has 1 aromatic heterocycles. The Kier molecular flexibility index (Phi) is 4.92. The Balaban J connectivity index is 2.02. The number of hydroxylamine groups is 1. The van der Waals surface area contributed by atoms with Gasteiger partial charge in [0, 0.05) is 5.56 Å². The van der Waals surface area contributed by atoms with Gasteiger partial charge in [-0.2, -0.15) is 0 Å². The Morgan fingerprint density at radius 2 is 2.00 bits per heavy atom. The van der Waals surface area contributed by atoms with E-state index in [1.165, 1.54) is 12.1 Å². The molecule has 0 unspecified atom stereocenters. The third-order valence-corrected chi connectivity index (χ3v) is 4.20. The predicted octanol–water partition coefficient (Wildman–Crippen LogP) is 4.61. The molecule has 1 heterocycles. The lowest BCUT2D eigenvalue weighted by molar-refractivity contribution is 0.0707. The van der Waals surface area contributed by atoms with Crippen LogP contribution >= 0.6 is 11.6 Å². The molecule has 6 nitrogen and oxygen atoms in total. The van der Waals surface area contributed by atoms with Crippen LogP contribution in [-0.2, 0) is 0 Å². The zero-order valence-corrected chi connectivity index (χ0v) is 14.7. The van der Waals surface area contributed by atoms with Gasteiger partial charge in [0.25, 0.3) is 5.91 Å². The van der Waals surface area contributed by atoms with Crippen LogP contribution < -0.4 is 10.8 Å². The number of nitrogens with zero attached hydrogens (tertiary/aromatic N) is 1. The van der Waals surface area contributed by atoms with Crippen molar-refractivity contribution in [3.8, 4) is 11.1 Å². The van der Waals surface area contributed by atoms with E-state index in [4.69, 9.17) is 21.3 Å². The molecule has 0 spiro atoms. The summed E-state index contributed by atoms with van der Waals surface area (Å²) >= 11 is 6.27. The van der Waals surface area contributed by atoms with Gasteiger partial charge in [-0.3, -0.25) is 10.0 Å². The highest BCUT2D eigenvalue weighted by molar-refractivity contribution is 6.33. The van der Waals surface area contributed by atoms with Gasteiger partial charge in [0.15, 0.2) is 0 Å². The molecule has 0 aliphatic heterocycles. The van der Waals surface area contributed by atoms with Crippen molar-refractivity contribution in [3.05, 3.63) is 64.3 Å². The number of rotatable bonds is 4. The molecule has 0 aliphatic rings. The summed E-state index contributed by atoms with van der Waals surface area (Å²) in [4.78, 5) is 11.7. The number of hydrogen-bond donors (Lipinski definition) is 3. The third-order valence-electron chi connectivity index (χ3n) is 3.90. The number of carbonyl (C=O) groups excluding carboxylic acids is 1. The molecule has 1 amide bonds. The van der Waals surface area contributed by atoms with Crippen molar-refractivity contribution in [2.75, 3.05) is 5.32 Å². The van der Waals surface area contributed by atoms with Crippen LogP contribution in [0.5, 0.6) is 0 Å². The monoisotopic (exact) mass is 375 g/mol. The molecule has 3 aromatic rings. The third kappa shape index (κ3) is 3.26. The minimum Gasteiger partial charge on any atom is -0.361 e. The number of nitrogens with one attached hydrogen (secondary N) is 2. The molecule has 8 heteroatoms. The van der Waals surface area contributed by atoms with Crippen molar-refractivity contribution in [2.24, 2.45) is 0 Å². The number of anilines is 2. The second kappa shape index (κ2) is 7.15. The highest BCUT2D eigenvalue weighted by Crippen LogP contribution is 2.36. The molecule has 3 rings (SSSR count). The fourth-order valence-electron chi connectivity index (χ4n) is 2.72. The van der Waals surface area contributed by atoms with Gasteiger partial charge in [0.2, 0.25) is 0 Å². The summed E-state index contributed by atoms with van der Waals surface area (Å²) in [6, 6.07) is 9.25. The number of para-hydroxylation sites is 1. The highest BCUT2D eigenvalue weighted by Gasteiger charge is 2.18. The minimum atomic E-state index is -0.725. The highest BCUT2D eigenvalue weighted by atomic mass is 35.5. The maximum absolute atomic E-state index is 14.7. The van der Waals surface area contributed by atoms with E-state index in [1.807, 2.05) is 0 Å². The van der Waals surface area contributed by atoms with Gasteiger partial charge in [-0.1, -0.05) is 28.9 Å². The van der Waals surface area contributed by atoms with E-state index in [9.17, 15) is 9.18 Å². The number of carbonyl (C=O) groups is 1. The summed E-state index contributed by atoms with van der Waals surface area (Å²) in [5.74, 6) is -0.771. The van der Waals surface area contributed by atoms with Gasteiger partial charge < -0.3 is 9.84 Å². The van der Waals surface area contributed by atoms with Crippen LogP contribution in [0.25, 0.3) is 11.1 Å². The lowest BCUT2D eigenvalue weighted by Gasteiger charge is -2.14. The molecular formula is C18H15ClFN3O3. The molecule has 0 radical (unpaired) electrons. The van der Waals surface area contributed by atoms with E-state index in [2.05, 4.69) is 10.5 Å². The summed E-state index contributed by atoms with van der Waals surface area (Å²) in [7, 11) is 0. The van der Waals surface area contributed by atoms with E-state index in [0.717, 1.165) is 0 Å². The number of benzene rings is 2. The average Bonchev–Trinajstić information content (AvgIpc) is 2.96. The largest absolute Gasteiger partial charge is 0.361 e. The van der Waals surface area contributed by atoms with Gasteiger partial charge in [0.1, 0.15) is 11.6 Å². The SMILES string of the molecule is Cc1noc(C)c1-c1cc(F)c(Nc2ccccc2C(=O)NO)c(Cl)c1. The average molecular weight is 376 g/mol. The zero-order chi connectivity index (χ0) is 18.8. The Morgan fingerprint density at radius 3 is 2.62 bits per heavy atom. The van der Waals surface area contributed by atoms with E-state index in [-0.39, 0.29) is 16.3 Å². The molecule has 0 atom stereocenters. The summed E-state index contributed by atoms with van der Waals surface area (Å²) in [6.45, 7) is 3.49. The second-order valence-electron chi connectivity index (χ2n) is 5.63. The van der Waals surface area contributed by atoms with Crippen LogP contribution in [0.3, 0.4) is 0 Å². The van der Waals surface area contributed by atoms with Crippen molar-refractivity contribution < 1.29 is 18.9 Å². The minimum absolute atomic E-state index is 0.0142. The fourth-order valence-corrected chi connectivity index (χ4v) is 2.97. The molecule has 134 valence electrons. The van der Waals surface area contributed by atoms with Crippen LogP contribution in [0.2, 0.25) is 5.02 Å². The molecular weight excluding hydrogens is 361 g/mol. The van der Waals surface area contributed by atoms with Gasteiger partial charge in [-0.15, -0.1) is 0 Å². The first-order valence-electron chi connectivity index (χ1n) is 7.65. The molecule has 3 N–H and O–H groups in total. The Bertz CT molecular complexity index is 945. The molecule has 0 saturated carbocycles. The first kappa shape index (κ1) is 17.9. The molecule has 0 saturated heterocycles. The van der Waals surface area contributed by atoms with Gasteiger partial charge in [-0.25, -0.2) is 9.87 Å². The Hall–Kier alpha value is -2.90. The van der Waals surface area contributed by atoms with Gasteiger partial charge in [-0.05, 0) is 43.7 Å². The van der Waals surface area contributed by atoms with Crippen LogP contribution in [0.4, 0.5) is 15.8 Å². The normalized spacial score (nSPS) is 10.7. The number of aryl methyl sites for hydroxylation is 2. The maximum atomic E-state index is 14.7. The Morgan fingerprint density at radius 1 is 1.27 bits per heavy atom. The first-order chi connectivity index (χ1) is 12.4. The number of hydrogen-bond acceptors (Lipinski definition) is 5. The maximum Gasteiger partial charge on any atom is 0.276 e. The van der Waals surface area contributed by atoms with Crippen molar-refractivity contribution in [1.29, 1.82) is 0 Å². The number of amides is 1. The van der Waals surface area contributed by atoms with E-state index in [1.54, 1.807) is 43.6 Å². The molecule has 0 aliphatic carbocycles. The van der Waals surface area contributed by atoms with Crippen LogP contribution in [0, 0.1) is 19.7 Å². The number of halogens is 2. The second-order valence-corrected chi connectivity index (χ2v) is 6.03. The van der Waals surface area contributed by atoms with Crippen LogP contribution in [-0.4, -0.2) is 16.3 Å². The fraction of sp³-hybridized carbons (Fsp3) is 0.111. The van der Waals surface area contributed by atoms with E-state index in [0.29, 0.717) is 28.3 Å². The zero-order valence-electron chi connectivity index (χ0n) is 13.9. The molecule has 2 aromatic carbocycles. The van der Waals surface area contributed by atoms with Crippen LogP contribution in [0.1, 0.15) is 21.8 Å². The van der Waals surface area contributed by atoms with E-state index >= 15 is 0 Å². The lowest BCUT2D eigenvalue weighted by atomic mass is 10.0. The summed E-state index contributed by atoms with van der Waals surface area (Å²) < 4.78 is 19.8. The summed E-state index contributed by atoms with van der Waals surface area (Å²) in [5, 5.41) is 15.6. The number of aromatic nitrogens is 1. The summed E-state index contributed by atoms with van der Waals surface area (Å²) in [5.41, 5.74) is 3.85. The van der Waals surface area contributed by atoms with Crippen LogP contribution in [0.15, 0.2) is 40.9 Å². The quantitative estimate of drug-likeness (QED) is 0.457. The lowest BCUT2D eigenvalue weighted by Crippen LogP contribution is -2.19. The standard InChI is InChI=1S/C18H15ClFN3O3/c1-9-16(10(2)26-23-9)11-7-13(19)17(14(20)8-11)21-15-6-4-3-5-12(15)18(24)22-25/h3-8,21,25H,1-2H3,(H,22,24). The summed E-state index contributed by atoms with van der Waals surface area (Å²) in [6.07, 6.45) is 0. The molecule has 0 bridgehead atoms. The van der Waals surface area contributed by atoms with Crippen molar-refractivity contribution in [2.45, 2.75) is 13.8 Å². The van der Waals surface area contributed by atoms with Crippen molar-refractivity contribution >= 4 is 28.9 Å². The molecule has 0 fully saturated rings. The topological polar surface area (TPSA) is 87.4 Å². The first-order valence-corrected chi connectivity index (χ1v) is 8.03. The predicted molar refractivity (Wildman–Crippen MR) is 95.4 cm³/mol. The van der Waals surface area contributed by atoms with E-state index < -0.39 is 11.7 Å².